The molecule has 0 aliphatic rings. The van der Waals surface area contributed by atoms with Crippen LogP contribution in [0.1, 0.15) is 25.7 Å². The molecule has 0 aliphatic carbocycles. The summed E-state index contributed by atoms with van der Waals surface area (Å²) in [6.07, 6.45) is 0.230. The maximum absolute atomic E-state index is 11.3. The standard InChI is InChI=1S/C10H17NO6/c1-17-6-2-3-8(12)11-7(10(15)16)4-5-9(13)14/h7H,2-6H2,1H3,(H,11,12)(H,13,14)(H,15,16). The summed E-state index contributed by atoms with van der Waals surface area (Å²) in [6.45, 7) is 0.417. The largest absolute Gasteiger partial charge is 0.481 e. The minimum Gasteiger partial charge on any atom is -0.481 e. The molecule has 0 aliphatic heterocycles. The fourth-order valence-corrected chi connectivity index (χ4v) is 1.17. The Labute approximate surface area is 98.8 Å². The van der Waals surface area contributed by atoms with Gasteiger partial charge in [0.25, 0.3) is 0 Å². The van der Waals surface area contributed by atoms with Crippen LogP contribution < -0.4 is 5.32 Å². The fourth-order valence-electron chi connectivity index (χ4n) is 1.17. The summed E-state index contributed by atoms with van der Waals surface area (Å²) >= 11 is 0. The van der Waals surface area contributed by atoms with Crippen molar-refractivity contribution < 1.29 is 29.3 Å². The van der Waals surface area contributed by atoms with E-state index in [1.54, 1.807) is 0 Å². The molecule has 0 radical (unpaired) electrons. The number of amides is 1. The van der Waals surface area contributed by atoms with Crippen molar-refractivity contribution >= 4 is 17.8 Å². The van der Waals surface area contributed by atoms with E-state index in [9.17, 15) is 14.4 Å². The second-order valence-corrected chi connectivity index (χ2v) is 3.49. The molecule has 0 aromatic heterocycles. The summed E-state index contributed by atoms with van der Waals surface area (Å²) in [4.78, 5) is 32.3. The van der Waals surface area contributed by atoms with Gasteiger partial charge in [-0.1, -0.05) is 0 Å². The third kappa shape index (κ3) is 8.21. The highest BCUT2D eigenvalue weighted by Gasteiger charge is 2.20. The van der Waals surface area contributed by atoms with Crippen LogP contribution in [0.5, 0.6) is 0 Å². The number of carboxylic acids is 2. The lowest BCUT2D eigenvalue weighted by Crippen LogP contribution is -2.41. The molecule has 1 atom stereocenters. The minimum atomic E-state index is -1.23. The quantitative estimate of drug-likeness (QED) is 0.488. The summed E-state index contributed by atoms with van der Waals surface area (Å²) in [5.41, 5.74) is 0. The van der Waals surface area contributed by atoms with Crippen LogP contribution in [0.3, 0.4) is 0 Å². The van der Waals surface area contributed by atoms with E-state index in [0.717, 1.165) is 0 Å². The lowest BCUT2D eigenvalue weighted by atomic mass is 10.1. The van der Waals surface area contributed by atoms with Gasteiger partial charge in [-0.25, -0.2) is 4.79 Å². The van der Waals surface area contributed by atoms with Crippen LogP contribution >= 0.6 is 0 Å². The molecule has 17 heavy (non-hydrogen) atoms. The van der Waals surface area contributed by atoms with Gasteiger partial charge in [-0.15, -0.1) is 0 Å². The summed E-state index contributed by atoms with van der Waals surface area (Å²) in [6, 6.07) is -1.15. The van der Waals surface area contributed by atoms with Crippen LogP contribution in [-0.4, -0.2) is 47.8 Å². The van der Waals surface area contributed by atoms with Crippen molar-refractivity contribution in [3.8, 4) is 0 Å². The third-order valence-corrected chi connectivity index (χ3v) is 2.03. The van der Waals surface area contributed by atoms with Crippen molar-refractivity contribution in [2.45, 2.75) is 31.7 Å². The Morgan fingerprint density at radius 3 is 2.35 bits per heavy atom. The molecule has 0 aromatic rings. The maximum atomic E-state index is 11.3. The molecule has 0 saturated carbocycles. The summed E-state index contributed by atoms with van der Waals surface area (Å²) in [7, 11) is 1.50. The van der Waals surface area contributed by atoms with Crippen LogP contribution in [0.4, 0.5) is 0 Å². The fraction of sp³-hybridized carbons (Fsp3) is 0.700. The maximum Gasteiger partial charge on any atom is 0.326 e. The van der Waals surface area contributed by atoms with Gasteiger partial charge in [-0.3, -0.25) is 9.59 Å². The van der Waals surface area contributed by atoms with Crippen LogP contribution in [-0.2, 0) is 19.1 Å². The van der Waals surface area contributed by atoms with E-state index in [1.807, 2.05) is 0 Å². The molecule has 1 amide bonds. The average Bonchev–Trinajstić information content (AvgIpc) is 2.23. The Morgan fingerprint density at radius 1 is 1.24 bits per heavy atom. The van der Waals surface area contributed by atoms with Crippen molar-refractivity contribution in [2.24, 2.45) is 0 Å². The van der Waals surface area contributed by atoms with E-state index in [0.29, 0.717) is 13.0 Å². The zero-order valence-corrected chi connectivity index (χ0v) is 9.64. The number of nitrogens with one attached hydrogen (secondary N) is 1. The van der Waals surface area contributed by atoms with Gasteiger partial charge in [0.15, 0.2) is 0 Å². The van der Waals surface area contributed by atoms with E-state index >= 15 is 0 Å². The second-order valence-electron chi connectivity index (χ2n) is 3.49. The first-order valence-electron chi connectivity index (χ1n) is 5.20. The molecule has 98 valence electrons. The molecule has 0 fully saturated rings. The number of hydrogen-bond donors (Lipinski definition) is 3. The van der Waals surface area contributed by atoms with E-state index in [1.165, 1.54) is 7.11 Å². The van der Waals surface area contributed by atoms with Crippen molar-refractivity contribution in [3.63, 3.8) is 0 Å². The molecule has 0 spiro atoms. The smallest absolute Gasteiger partial charge is 0.326 e. The van der Waals surface area contributed by atoms with Crippen LogP contribution in [0.25, 0.3) is 0 Å². The van der Waals surface area contributed by atoms with Crippen LogP contribution in [0, 0.1) is 0 Å². The van der Waals surface area contributed by atoms with E-state index in [4.69, 9.17) is 14.9 Å². The minimum absolute atomic E-state index is 0.124. The lowest BCUT2D eigenvalue weighted by molar-refractivity contribution is -0.143. The number of carboxylic acid groups (broad SMARTS) is 2. The highest BCUT2D eigenvalue weighted by Crippen LogP contribution is 1.99. The number of rotatable bonds is 9. The van der Waals surface area contributed by atoms with E-state index in [2.05, 4.69) is 5.32 Å². The van der Waals surface area contributed by atoms with Crippen molar-refractivity contribution in [1.82, 2.24) is 5.32 Å². The highest BCUT2D eigenvalue weighted by molar-refractivity contribution is 5.83. The predicted octanol–water partition coefficient (Wildman–Crippen LogP) is -0.153. The molecule has 7 heteroatoms. The Balaban J connectivity index is 4.02. The molecule has 3 N–H and O–H groups in total. The summed E-state index contributed by atoms with van der Waals surface area (Å²) in [5.74, 6) is -2.74. The summed E-state index contributed by atoms with van der Waals surface area (Å²) < 4.78 is 4.75. The number of ether oxygens (including phenoxy) is 1. The van der Waals surface area contributed by atoms with Crippen LogP contribution in [0.15, 0.2) is 0 Å². The third-order valence-electron chi connectivity index (χ3n) is 2.03. The molecule has 0 bridgehead atoms. The van der Waals surface area contributed by atoms with Gasteiger partial charge in [0.2, 0.25) is 5.91 Å². The van der Waals surface area contributed by atoms with Crippen molar-refractivity contribution in [3.05, 3.63) is 0 Å². The molecular formula is C10H17NO6. The first kappa shape index (κ1) is 15.4. The molecule has 0 rings (SSSR count). The monoisotopic (exact) mass is 247 g/mol. The Morgan fingerprint density at radius 2 is 1.88 bits per heavy atom. The number of aliphatic carboxylic acids is 2. The Hall–Kier alpha value is -1.63. The van der Waals surface area contributed by atoms with Gasteiger partial charge < -0.3 is 20.3 Å². The van der Waals surface area contributed by atoms with Gasteiger partial charge in [0, 0.05) is 26.6 Å². The molecule has 0 saturated heterocycles. The van der Waals surface area contributed by atoms with Gasteiger partial charge >= 0.3 is 11.9 Å². The Bertz CT molecular complexity index is 278. The van der Waals surface area contributed by atoms with Gasteiger partial charge in [0.1, 0.15) is 6.04 Å². The lowest BCUT2D eigenvalue weighted by Gasteiger charge is -2.13. The second kappa shape index (κ2) is 8.51. The van der Waals surface area contributed by atoms with Crippen molar-refractivity contribution in [2.75, 3.05) is 13.7 Å². The average molecular weight is 247 g/mol. The number of methoxy groups -OCH3 is 1. The van der Waals surface area contributed by atoms with E-state index < -0.39 is 23.9 Å². The topological polar surface area (TPSA) is 113 Å². The first-order chi connectivity index (χ1) is 7.97. The molecule has 0 aromatic carbocycles. The highest BCUT2D eigenvalue weighted by atomic mass is 16.5. The van der Waals surface area contributed by atoms with E-state index in [-0.39, 0.29) is 19.3 Å². The van der Waals surface area contributed by atoms with Gasteiger partial charge in [-0.2, -0.15) is 0 Å². The molecular weight excluding hydrogens is 230 g/mol. The van der Waals surface area contributed by atoms with Crippen LogP contribution in [0.2, 0.25) is 0 Å². The zero-order chi connectivity index (χ0) is 13.3. The molecule has 0 heterocycles. The Kier molecular flexibility index (Phi) is 7.70. The predicted molar refractivity (Wildman–Crippen MR) is 57.5 cm³/mol. The first-order valence-corrected chi connectivity index (χ1v) is 5.20. The number of hydrogen-bond acceptors (Lipinski definition) is 4. The molecule has 7 nitrogen and oxygen atoms in total. The van der Waals surface area contributed by atoms with Gasteiger partial charge in [0.05, 0.1) is 0 Å². The normalized spacial score (nSPS) is 11.8. The van der Waals surface area contributed by atoms with Crippen molar-refractivity contribution in [1.29, 1.82) is 0 Å². The number of carbonyl (C=O) groups is 3. The number of carbonyl (C=O) groups excluding carboxylic acids is 1. The molecule has 1 unspecified atom stereocenters. The SMILES string of the molecule is COCCCC(=O)NC(CCC(=O)O)C(=O)O. The zero-order valence-electron chi connectivity index (χ0n) is 9.64. The van der Waals surface area contributed by atoms with Gasteiger partial charge in [-0.05, 0) is 12.8 Å². The summed E-state index contributed by atoms with van der Waals surface area (Å²) in [5, 5.41) is 19.5.